The summed E-state index contributed by atoms with van der Waals surface area (Å²) < 4.78 is 35.8. The Morgan fingerprint density at radius 3 is 2.47 bits per heavy atom. The third-order valence-electron chi connectivity index (χ3n) is 2.59. The average molecular weight is 237 g/mol. The molecule has 1 unspecified atom stereocenters. The third kappa shape index (κ3) is 4.92. The quantitative estimate of drug-likeness (QED) is 0.700. The van der Waals surface area contributed by atoms with Crippen LogP contribution in [0.15, 0.2) is 0 Å². The molecule has 0 spiro atoms. The highest BCUT2D eigenvalue weighted by Crippen LogP contribution is 2.11. The zero-order valence-corrected chi connectivity index (χ0v) is 9.87. The molecule has 0 aliphatic carbocycles. The van der Waals surface area contributed by atoms with E-state index in [9.17, 15) is 8.42 Å². The molecular formula is C9H19NO4S. The van der Waals surface area contributed by atoms with Gasteiger partial charge in [-0.05, 0) is 6.42 Å². The number of nitrogens with zero attached hydrogens (tertiary/aromatic N) is 1. The Kier molecular flexibility index (Phi) is 4.98. The standard InChI is InChI=1S/C9H19NO4S/c1-2-3-9(8-15(11,12)13)10-4-6-14-7-5-10/h9H,2-8H2,1H3,(H,11,12,13). The van der Waals surface area contributed by atoms with Crippen LogP contribution >= 0.6 is 0 Å². The van der Waals surface area contributed by atoms with Crippen LogP contribution in [0.2, 0.25) is 0 Å². The number of hydrogen-bond acceptors (Lipinski definition) is 4. The summed E-state index contributed by atoms with van der Waals surface area (Å²) in [6.07, 6.45) is 1.71. The summed E-state index contributed by atoms with van der Waals surface area (Å²) in [6, 6.07) is -0.0751. The minimum Gasteiger partial charge on any atom is -0.379 e. The topological polar surface area (TPSA) is 66.8 Å². The SMILES string of the molecule is CCCC(CS(=O)(=O)O)N1CCOCC1. The number of rotatable bonds is 5. The van der Waals surface area contributed by atoms with E-state index in [2.05, 4.69) is 4.90 Å². The fourth-order valence-electron chi connectivity index (χ4n) is 1.89. The van der Waals surface area contributed by atoms with E-state index in [1.54, 1.807) is 0 Å². The smallest absolute Gasteiger partial charge is 0.266 e. The highest BCUT2D eigenvalue weighted by Gasteiger charge is 2.24. The molecule has 1 saturated heterocycles. The van der Waals surface area contributed by atoms with Crippen molar-refractivity contribution in [2.24, 2.45) is 0 Å². The van der Waals surface area contributed by atoms with Gasteiger partial charge in [0.25, 0.3) is 10.1 Å². The maximum absolute atomic E-state index is 10.9. The van der Waals surface area contributed by atoms with Crippen LogP contribution in [0.3, 0.4) is 0 Å². The van der Waals surface area contributed by atoms with Gasteiger partial charge < -0.3 is 4.74 Å². The van der Waals surface area contributed by atoms with E-state index < -0.39 is 10.1 Å². The van der Waals surface area contributed by atoms with Gasteiger partial charge in [0, 0.05) is 19.1 Å². The fourth-order valence-corrected chi connectivity index (χ4v) is 2.75. The van der Waals surface area contributed by atoms with E-state index in [0.717, 1.165) is 25.9 Å². The molecule has 1 atom stereocenters. The first kappa shape index (κ1) is 12.9. The molecule has 0 saturated carbocycles. The summed E-state index contributed by atoms with van der Waals surface area (Å²) in [6.45, 7) is 4.80. The minimum atomic E-state index is -3.88. The normalized spacial score (nSPS) is 21.5. The van der Waals surface area contributed by atoms with Crippen LogP contribution in [0.4, 0.5) is 0 Å². The molecule has 0 radical (unpaired) electrons. The molecule has 1 rings (SSSR count). The van der Waals surface area contributed by atoms with Gasteiger partial charge >= 0.3 is 0 Å². The predicted molar refractivity (Wildman–Crippen MR) is 57.5 cm³/mol. The number of ether oxygens (including phenoxy) is 1. The van der Waals surface area contributed by atoms with Crippen LogP contribution in [-0.2, 0) is 14.9 Å². The van der Waals surface area contributed by atoms with Gasteiger partial charge in [-0.2, -0.15) is 8.42 Å². The van der Waals surface area contributed by atoms with Crippen molar-refractivity contribution in [3.8, 4) is 0 Å². The molecule has 1 N–H and O–H groups in total. The summed E-state index contributed by atoms with van der Waals surface area (Å²) in [5.41, 5.74) is 0. The van der Waals surface area contributed by atoms with E-state index >= 15 is 0 Å². The summed E-state index contributed by atoms with van der Waals surface area (Å²) in [5, 5.41) is 0. The van der Waals surface area contributed by atoms with Gasteiger partial charge in [-0.1, -0.05) is 13.3 Å². The van der Waals surface area contributed by atoms with Crippen molar-refractivity contribution >= 4 is 10.1 Å². The lowest BCUT2D eigenvalue weighted by atomic mass is 10.1. The van der Waals surface area contributed by atoms with Crippen molar-refractivity contribution in [2.45, 2.75) is 25.8 Å². The molecule has 0 aromatic rings. The summed E-state index contributed by atoms with van der Waals surface area (Å²) in [5.74, 6) is -0.166. The Bertz CT molecular complexity index is 272. The van der Waals surface area contributed by atoms with Gasteiger partial charge in [0.05, 0.1) is 19.0 Å². The van der Waals surface area contributed by atoms with Gasteiger partial charge in [0.1, 0.15) is 0 Å². The molecular weight excluding hydrogens is 218 g/mol. The zero-order valence-electron chi connectivity index (χ0n) is 9.05. The molecule has 1 aliphatic heterocycles. The second kappa shape index (κ2) is 5.79. The maximum atomic E-state index is 10.9. The fraction of sp³-hybridized carbons (Fsp3) is 1.00. The first-order chi connectivity index (χ1) is 7.03. The molecule has 6 heteroatoms. The number of morpholine rings is 1. The van der Waals surface area contributed by atoms with E-state index in [4.69, 9.17) is 9.29 Å². The lowest BCUT2D eigenvalue weighted by Gasteiger charge is -2.33. The molecule has 1 heterocycles. The van der Waals surface area contributed by atoms with Crippen LogP contribution in [0.25, 0.3) is 0 Å². The Morgan fingerprint density at radius 2 is 2.00 bits per heavy atom. The summed E-state index contributed by atoms with van der Waals surface area (Å²) in [7, 11) is -3.88. The molecule has 90 valence electrons. The van der Waals surface area contributed by atoms with Gasteiger partial charge in [-0.3, -0.25) is 9.45 Å². The van der Waals surface area contributed by atoms with Crippen LogP contribution in [0.1, 0.15) is 19.8 Å². The largest absolute Gasteiger partial charge is 0.379 e. The molecule has 15 heavy (non-hydrogen) atoms. The molecule has 1 fully saturated rings. The van der Waals surface area contributed by atoms with E-state index in [0.29, 0.717) is 13.2 Å². The minimum absolute atomic E-state index is 0.0751. The van der Waals surface area contributed by atoms with Gasteiger partial charge in [-0.15, -0.1) is 0 Å². The van der Waals surface area contributed by atoms with Gasteiger partial charge in [0.15, 0.2) is 0 Å². The van der Waals surface area contributed by atoms with E-state index in [1.807, 2.05) is 6.92 Å². The lowest BCUT2D eigenvalue weighted by molar-refractivity contribution is 0.0189. The molecule has 0 aromatic carbocycles. The predicted octanol–water partition coefficient (Wildman–Crippen LogP) is 0.375. The second-order valence-corrected chi connectivity index (χ2v) is 5.34. The Balaban J connectivity index is 2.55. The van der Waals surface area contributed by atoms with E-state index in [1.165, 1.54) is 0 Å². The summed E-state index contributed by atoms with van der Waals surface area (Å²) in [4.78, 5) is 2.08. The lowest BCUT2D eigenvalue weighted by Crippen LogP contribution is -2.46. The van der Waals surface area contributed by atoms with Crippen molar-refractivity contribution in [3.05, 3.63) is 0 Å². The summed E-state index contributed by atoms with van der Waals surface area (Å²) >= 11 is 0. The van der Waals surface area contributed by atoms with Crippen molar-refractivity contribution in [2.75, 3.05) is 32.1 Å². The van der Waals surface area contributed by atoms with Crippen molar-refractivity contribution in [1.29, 1.82) is 0 Å². The molecule has 5 nitrogen and oxygen atoms in total. The zero-order chi connectivity index (χ0) is 11.3. The van der Waals surface area contributed by atoms with Crippen LogP contribution in [-0.4, -0.2) is 56.0 Å². The van der Waals surface area contributed by atoms with Crippen molar-refractivity contribution in [1.82, 2.24) is 4.90 Å². The Hall–Kier alpha value is -0.170. The van der Waals surface area contributed by atoms with Crippen LogP contribution < -0.4 is 0 Å². The first-order valence-electron chi connectivity index (χ1n) is 5.30. The second-order valence-electron chi connectivity index (χ2n) is 3.84. The highest BCUT2D eigenvalue weighted by molar-refractivity contribution is 7.85. The van der Waals surface area contributed by atoms with Crippen LogP contribution in [0, 0.1) is 0 Å². The molecule has 1 aliphatic rings. The first-order valence-corrected chi connectivity index (χ1v) is 6.91. The molecule has 0 aromatic heterocycles. The van der Waals surface area contributed by atoms with Crippen molar-refractivity contribution in [3.63, 3.8) is 0 Å². The molecule has 0 amide bonds. The average Bonchev–Trinajstić information content (AvgIpc) is 2.17. The number of hydrogen-bond donors (Lipinski definition) is 1. The van der Waals surface area contributed by atoms with Crippen LogP contribution in [0.5, 0.6) is 0 Å². The Morgan fingerprint density at radius 1 is 1.40 bits per heavy atom. The Labute approximate surface area is 91.2 Å². The van der Waals surface area contributed by atoms with Gasteiger partial charge in [-0.25, -0.2) is 0 Å². The molecule has 0 bridgehead atoms. The maximum Gasteiger partial charge on any atom is 0.266 e. The third-order valence-corrected chi connectivity index (χ3v) is 3.39. The van der Waals surface area contributed by atoms with Crippen molar-refractivity contribution < 1.29 is 17.7 Å². The van der Waals surface area contributed by atoms with Gasteiger partial charge in [0.2, 0.25) is 0 Å². The highest BCUT2D eigenvalue weighted by atomic mass is 32.2. The van der Waals surface area contributed by atoms with E-state index in [-0.39, 0.29) is 11.8 Å². The monoisotopic (exact) mass is 237 g/mol.